The highest BCUT2D eigenvalue weighted by Gasteiger charge is 2.61. The summed E-state index contributed by atoms with van der Waals surface area (Å²) in [5.74, 6) is -1.99. The number of carbonyl (C=O) groups is 1. The van der Waals surface area contributed by atoms with E-state index in [0.717, 1.165) is 18.9 Å². The first-order valence-electron chi connectivity index (χ1n) is 7.49. The Hall–Kier alpha value is -1.81. The van der Waals surface area contributed by atoms with Gasteiger partial charge in [0.2, 0.25) is 0 Å². The normalized spacial score (nSPS) is 24.4. The van der Waals surface area contributed by atoms with Gasteiger partial charge in [0, 0.05) is 6.08 Å². The lowest BCUT2D eigenvalue weighted by Gasteiger charge is -2.35. The molecule has 0 saturated heterocycles. The Morgan fingerprint density at radius 3 is 2.22 bits per heavy atom. The number of hydrogen-bond donors (Lipinski definition) is 2. The van der Waals surface area contributed by atoms with Crippen molar-refractivity contribution in [2.45, 2.75) is 50.3 Å². The summed E-state index contributed by atoms with van der Waals surface area (Å²) in [7, 11) is 0. The van der Waals surface area contributed by atoms with Crippen LogP contribution in [-0.2, 0) is 4.79 Å². The fourth-order valence-corrected chi connectivity index (χ4v) is 3.35. The molecule has 2 aliphatic rings. The first-order valence-corrected chi connectivity index (χ1v) is 7.49. The van der Waals surface area contributed by atoms with Crippen molar-refractivity contribution in [3.8, 4) is 6.07 Å². The topological polar surface area (TPSA) is 81.3 Å². The molecule has 0 amide bonds. The molecule has 0 aliphatic heterocycles. The van der Waals surface area contributed by atoms with E-state index in [4.69, 9.17) is 5.11 Å². The van der Waals surface area contributed by atoms with Crippen molar-refractivity contribution in [1.29, 1.82) is 5.26 Å². The van der Waals surface area contributed by atoms with E-state index in [-0.39, 0.29) is 12.0 Å². The van der Waals surface area contributed by atoms with E-state index >= 15 is 0 Å². The summed E-state index contributed by atoms with van der Waals surface area (Å²) in [6, 6.07) is 2.05. The first-order chi connectivity index (χ1) is 10.6. The lowest BCUT2D eigenvalue weighted by Crippen LogP contribution is -2.43. The van der Waals surface area contributed by atoms with E-state index in [1.54, 1.807) is 0 Å². The zero-order valence-electron chi connectivity index (χ0n) is 12.4. The van der Waals surface area contributed by atoms with Crippen molar-refractivity contribution in [3.05, 3.63) is 23.8 Å². The van der Waals surface area contributed by atoms with Gasteiger partial charge in [0.1, 0.15) is 5.60 Å². The average molecular weight is 329 g/mol. The van der Waals surface area contributed by atoms with Crippen LogP contribution >= 0.6 is 0 Å². The second-order valence-corrected chi connectivity index (χ2v) is 6.27. The van der Waals surface area contributed by atoms with Crippen molar-refractivity contribution in [2.75, 3.05) is 0 Å². The highest BCUT2D eigenvalue weighted by atomic mass is 19.4. The van der Waals surface area contributed by atoms with Crippen molar-refractivity contribution >= 4 is 5.97 Å². The lowest BCUT2D eigenvalue weighted by atomic mass is 9.73. The summed E-state index contributed by atoms with van der Waals surface area (Å²) in [6.45, 7) is 0. The van der Waals surface area contributed by atoms with Gasteiger partial charge >= 0.3 is 12.1 Å². The smallest absolute Gasteiger partial charge is 0.416 e. The zero-order valence-corrected chi connectivity index (χ0v) is 12.4. The number of halogens is 3. The summed E-state index contributed by atoms with van der Waals surface area (Å²) in [4.78, 5) is 10.6. The molecule has 2 saturated carbocycles. The Morgan fingerprint density at radius 2 is 1.83 bits per heavy atom. The van der Waals surface area contributed by atoms with E-state index in [0.29, 0.717) is 31.8 Å². The largest absolute Gasteiger partial charge is 0.478 e. The molecule has 0 spiro atoms. The third-order valence-corrected chi connectivity index (χ3v) is 4.83. The maximum Gasteiger partial charge on any atom is 0.416 e. The van der Waals surface area contributed by atoms with Crippen LogP contribution in [-0.4, -0.2) is 28.0 Å². The van der Waals surface area contributed by atoms with E-state index in [9.17, 15) is 28.3 Å². The summed E-state index contributed by atoms with van der Waals surface area (Å²) >= 11 is 0. The minimum Gasteiger partial charge on any atom is -0.478 e. The number of nitriles is 1. The average Bonchev–Trinajstić information content (AvgIpc) is 3.07. The molecule has 0 aromatic carbocycles. The summed E-state index contributed by atoms with van der Waals surface area (Å²) in [5.41, 5.74) is -4.06. The number of nitrogens with zero attached hydrogens (tertiary/aromatic N) is 1. The van der Waals surface area contributed by atoms with Gasteiger partial charge in [-0.3, -0.25) is 0 Å². The van der Waals surface area contributed by atoms with Crippen LogP contribution in [0, 0.1) is 22.7 Å². The molecule has 2 fully saturated rings. The summed E-state index contributed by atoms with van der Waals surface area (Å²) < 4.78 is 38.7. The van der Waals surface area contributed by atoms with Crippen LogP contribution in [0.25, 0.3) is 0 Å². The zero-order chi connectivity index (χ0) is 17.3. The van der Waals surface area contributed by atoms with Crippen LogP contribution in [0.1, 0.15) is 38.5 Å². The standard InChI is InChI=1S/C16H18F3NO3/c17-16(18,19)12(9-13(21)22)5-6-15(23,11-3-1-2-4-11)14(10-20)7-8-14/h5-6,9,11,23H,1-4,7-8H2,(H,21,22)/b6-5+,12-9+. The third kappa shape index (κ3) is 3.42. The van der Waals surface area contributed by atoms with Crippen LogP contribution in [0.5, 0.6) is 0 Å². The number of carboxylic acid groups (broad SMARTS) is 1. The van der Waals surface area contributed by atoms with Crippen LogP contribution in [0.2, 0.25) is 0 Å². The summed E-state index contributed by atoms with van der Waals surface area (Å²) in [5, 5.41) is 28.9. The van der Waals surface area contributed by atoms with Crippen LogP contribution in [0.3, 0.4) is 0 Å². The minimum absolute atomic E-state index is 0.0670. The molecular formula is C16H18F3NO3. The molecule has 23 heavy (non-hydrogen) atoms. The van der Waals surface area contributed by atoms with Gasteiger partial charge in [-0.25, -0.2) is 4.79 Å². The van der Waals surface area contributed by atoms with E-state index < -0.39 is 28.7 Å². The van der Waals surface area contributed by atoms with Crippen molar-refractivity contribution in [2.24, 2.45) is 11.3 Å². The molecule has 0 aromatic heterocycles. The highest BCUT2D eigenvalue weighted by Crippen LogP contribution is 2.59. The van der Waals surface area contributed by atoms with Gasteiger partial charge in [-0.2, -0.15) is 18.4 Å². The maximum absolute atomic E-state index is 12.9. The molecule has 1 atom stereocenters. The molecule has 7 heteroatoms. The van der Waals surface area contributed by atoms with Crippen LogP contribution in [0.15, 0.2) is 23.8 Å². The monoisotopic (exact) mass is 329 g/mol. The predicted octanol–water partition coefficient (Wildman–Crippen LogP) is 3.34. The molecule has 126 valence electrons. The van der Waals surface area contributed by atoms with E-state index in [1.165, 1.54) is 0 Å². The molecule has 2 rings (SSSR count). The number of hydrogen-bond acceptors (Lipinski definition) is 3. The molecule has 0 aromatic rings. The van der Waals surface area contributed by atoms with Gasteiger partial charge in [-0.1, -0.05) is 25.0 Å². The van der Waals surface area contributed by atoms with Gasteiger partial charge in [0.15, 0.2) is 0 Å². The molecule has 2 N–H and O–H groups in total. The highest BCUT2D eigenvalue weighted by molar-refractivity contribution is 5.81. The Bertz CT molecular complexity index is 578. The van der Waals surface area contributed by atoms with Crippen LogP contribution < -0.4 is 0 Å². The minimum atomic E-state index is -4.84. The van der Waals surface area contributed by atoms with Gasteiger partial charge in [0.25, 0.3) is 0 Å². The van der Waals surface area contributed by atoms with E-state index in [2.05, 4.69) is 6.07 Å². The molecule has 1 unspecified atom stereocenters. The van der Waals surface area contributed by atoms with Gasteiger partial charge in [-0.15, -0.1) is 0 Å². The van der Waals surface area contributed by atoms with Crippen LogP contribution in [0.4, 0.5) is 13.2 Å². The predicted molar refractivity (Wildman–Crippen MR) is 75.1 cm³/mol. The quantitative estimate of drug-likeness (QED) is 0.599. The van der Waals surface area contributed by atoms with E-state index in [1.807, 2.05) is 0 Å². The Kier molecular flexibility index (Phi) is 4.58. The Balaban J connectivity index is 2.38. The number of allylic oxidation sites excluding steroid dienone is 2. The second kappa shape index (κ2) is 6.00. The van der Waals surface area contributed by atoms with Gasteiger partial charge in [-0.05, 0) is 31.6 Å². The molecule has 0 bridgehead atoms. The number of rotatable bonds is 5. The summed E-state index contributed by atoms with van der Waals surface area (Å²) in [6.07, 6.45) is 0.717. The SMILES string of the molecule is N#CC1(C(O)(/C=C/C(=C\C(=O)O)C(F)(F)F)C2CCCC2)CC1. The second-order valence-electron chi connectivity index (χ2n) is 6.27. The third-order valence-electron chi connectivity index (χ3n) is 4.83. The molecule has 4 nitrogen and oxygen atoms in total. The van der Waals surface area contributed by atoms with Crippen molar-refractivity contribution in [1.82, 2.24) is 0 Å². The molecule has 2 aliphatic carbocycles. The fraction of sp³-hybridized carbons (Fsp3) is 0.625. The maximum atomic E-state index is 12.9. The van der Waals surface area contributed by atoms with Gasteiger partial charge < -0.3 is 10.2 Å². The van der Waals surface area contributed by atoms with Gasteiger partial charge in [0.05, 0.1) is 17.1 Å². The Labute approximate surface area is 131 Å². The van der Waals surface area contributed by atoms with Crippen molar-refractivity contribution < 1.29 is 28.2 Å². The number of aliphatic carboxylic acids is 1. The number of alkyl halides is 3. The lowest BCUT2D eigenvalue weighted by molar-refractivity contribution is -0.132. The van der Waals surface area contributed by atoms with Crippen molar-refractivity contribution in [3.63, 3.8) is 0 Å². The molecule has 0 heterocycles. The first kappa shape index (κ1) is 17.5. The fourth-order valence-electron chi connectivity index (χ4n) is 3.35. The molecular weight excluding hydrogens is 311 g/mol. The molecule has 0 radical (unpaired) electrons. The number of aliphatic hydroxyl groups is 1. The Morgan fingerprint density at radius 1 is 1.26 bits per heavy atom. The number of carboxylic acids is 1.